The summed E-state index contributed by atoms with van der Waals surface area (Å²) in [5.74, 6) is -0.341. The van der Waals surface area contributed by atoms with Crippen LogP contribution in [0.1, 0.15) is 36.7 Å². The topological polar surface area (TPSA) is 52.7 Å². The van der Waals surface area contributed by atoms with E-state index in [0.717, 1.165) is 0 Å². The average molecular weight is 397 g/mol. The highest BCUT2D eigenvalue weighted by molar-refractivity contribution is 5.98. The van der Waals surface area contributed by atoms with Crippen molar-refractivity contribution in [3.05, 3.63) is 65.5 Å². The zero-order valence-corrected chi connectivity index (χ0v) is 17.2. The first kappa shape index (κ1) is 21.0. The Bertz CT molecular complexity index is 884. The van der Waals surface area contributed by atoms with Gasteiger partial charge >= 0.3 is 0 Å². The number of hydrogen-bond acceptors (Lipinski definition) is 3. The number of piperazine rings is 1. The third-order valence-corrected chi connectivity index (χ3v) is 5.06. The predicted molar refractivity (Wildman–Crippen MR) is 112 cm³/mol. The standard InChI is InChI=1S/C23H28FN3O2/c1-23(2,3)22(29)25-19-9-6-8-17(15-19)21(28)27-13-11-26(12-14-27)16-18-7-4-5-10-20(18)24/h4-10,15H,11-14,16H2,1-3H3,(H,25,29). The Morgan fingerprint density at radius 3 is 2.34 bits per heavy atom. The van der Waals surface area contributed by atoms with Crippen LogP contribution < -0.4 is 5.32 Å². The Kier molecular flexibility index (Phi) is 6.33. The molecule has 154 valence electrons. The second-order valence-corrected chi connectivity index (χ2v) is 8.44. The van der Waals surface area contributed by atoms with Crippen LogP contribution in [0.4, 0.5) is 10.1 Å². The minimum absolute atomic E-state index is 0.0533. The van der Waals surface area contributed by atoms with Gasteiger partial charge in [-0.15, -0.1) is 0 Å². The molecule has 0 aromatic heterocycles. The van der Waals surface area contributed by atoms with Crippen molar-refractivity contribution in [2.75, 3.05) is 31.5 Å². The van der Waals surface area contributed by atoms with Gasteiger partial charge in [0.2, 0.25) is 5.91 Å². The summed E-state index contributed by atoms with van der Waals surface area (Å²) in [6.07, 6.45) is 0. The molecule has 1 heterocycles. The molecular weight excluding hydrogens is 369 g/mol. The van der Waals surface area contributed by atoms with E-state index in [9.17, 15) is 14.0 Å². The normalized spacial score (nSPS) is 15.2. The summed E-state index contributed by atoms with van der Waals surface area (Å²) in [6, 6.07) is 13.8. The Morgan fingerprint density at radius 2 is 1.69 bits per heavy atom. The van der Waals surface area contributed by atoms with Crippen molar-refractivity contribution in [1.82, 2.24) is 9.80 Å². The van der Waals surface area contributed by atoms with Crippen molar-refractivity contribution in [3.8, 4) is 0 Å². The third-order valence-electron chi connectivity index (χ3n) is 5.06. The summed E-state index contributed by atoms with van der Waals surface area (Å²) >= 11 is 0. The van der Waals surface area contributed by atoms with E-state index in [1.165, 1.54) is 6.07 Å². The summed E-state index contributed by atoms with van der Waals surface area (Å²) in [5.41, 5.74) is 1.34. The smallest absolute Gasteiger partial charge is 0.254 e. The van der Waals surface area contributed by atoms with Crippen LogP contribution >= 0.6 is 0 Å². The van der Waals surface area contributed by atoms with Crippen molar-refractivity contribution in [3.63, 3.8) is 0 Å². The Labute approximate surface area is 171 Å². The molecule has 1 saturated heterocycles. The maximum atomic E-state index is 13.9. The van der Waals surface area contributed by atoms with Crippen LogP contribution in [-0.2, 0) is 11.3 Å². The van der Waals surface area contributed by atoms with E-state index in [1.54, 1.807) is 36.4 Å². The summed E-state index contributed by atoms with van der Waals surface area (Å²) in [6.45, 7) is 8.65. The fourth-order valence-corrected chi connectivity index (χ4v) is 3.21. The highest BCUT2D eigenvalue weighted by Crippen LogP contribution is 2.19. The predicted octanol–water partition coefficient (Wildman–Crippen LogP) is 3.77. The monoisotopic (exact) mass is 397 g/mol. The number of halogens is 1. The number of nitrogens with zero attached hydrogens (tertiary/aromatic N) is 2. The summed E-state index contributed by atoms with van der Waals surface area (Å²) in [4.78, 5) is 29.0. The summed E-state index contributed by atoms with van der Waals surface area (Å²) in [5, 5.41) is 2.87. The van der Waals surface area contributed by atoms with Gasteiger partial charge in [0.15, 0.2) is 0 Å². The summed E-state index contributed by atoms with van der Waals surface area (Å²) < 4.78 is 13.9. The zero-order chi connectivity index (χ0) is 21.0. The number of amides is 2. The van der Waals surface area contributed by atoms with E-state index in [1.807, 2.05) is 31.7 Å². The number of anilines is 1. The largest absolute Gasteiger partial charge is 0.336 e. The average Bonchev–Trinajstić information content (AvgIpc) is 2.69. The fourth-order valence-electron chi connectivity index (χ4n) is 3.21. The SMILES string of the molecule is CC(C)(C)C(=O)Nc1cccc(C(=O)N2CCN(Cc3ccccc3F)CC2)c1. The van der Waals surface area contributed by atoms with Gasteiger partial charge in [0.1, 0.15) is 5.82 Å². The first-order valence-corrected chi connectivity index (χ1v) is 9.90. The van der Waals surface area contributed by atoms with E-state index in [4.69, 9.17) is 0 Å². The van der Waals surface area contributed by atoms with Crippen LogP contribution in [0.2, 0.25) is 0 Å². The first-order valence-electron chi connectivity index (χ1n) is 9.90. The van der Waals surface area contributed by atoms with E-state index in [-0.39, 0.29) is 17.6 Å². The van der Waals surface area contributed by atoms with Gasteiger partial charge in [0.25, 0.3) is 5.91 Å². The molecule has 0 aliphatic carbocycles. The van der Waals surface area contributed by atoms with Crippen LogP contribution in [0.25, 0.3) is 0 Å². The molecule has 2 amide bonds. The van der Waals surface area contributed by atoms with Crippen LogP contribution in [-0.4, -0.2) is 47.8 Å². The molecule has 1 aliphatic heterocycles. The molecule has 29 heavy (non-hydrogen) atoms. The number of carbonyl (C=O) groups excluding carboxylic acids is 2. The van der Waals surface area contributed by atoms with E-state index in [0.29, 0.717) is 49.5 Å². The lowest BCUT2D eigenvalue weighted by Crippen LogP contribution is -2.48. The molecule has 0 bridgehead atoms. The van der Waals surface area contributed by atoms with Gasteiger partial charge in [-0.2, -0.15) is 0 Å². The van der Waals surface area contributed by atoms with Gasteiger partial charge in [-0.3, -0.25) is 14.5 Å². The van der Waals surface area contributed by atoms with Crippen LogP contribution in [0.15, 0.2) is 48.5 Å². The number of hydrogen-bond donors (Lipinski definition) is 1. The number of benzene rings is 2. The molecule has 2 aromatic carbocycles. The molecule has 3 rings (SSSR count). The summed E-state index contributed by atoms with van der Waals surface area (Å²) in [7, 11) is 0. The molecule has 0 radical (unpaired) electrons. The van der Waals surface area contributed by atoms with Crippen molar-refractivity contribution in [2.45, 2.75) is 27.3 Å². The molecule has 0 saturated carbocycles. The van der Waals surface area contributed by atoms with Crippen LogP contribution in [0.5, 0.6) is 0 Å². The third kappa shape index (κ3) is 5.41. The van der Waals surface area contributed by atoms with Crippen molar-refractivity contribution >= 4 is 17.5 Å². The Morgan fingerprint density at radius 1 is 1.00 bits per heavy atom. The van der Waals surface area contributed by atoms with Crippen molar-refractivity contribution in [1.29, 1.82) is 0 Å². The first-order chi connectivity index (χ1) is 13.7. The number of rotatable bonds is 4. The highest BCUT2D eigenvalue weighted by Gasteiger charge is 2.24. The minimum Gasteiger partial charge on any atom is -0.336 e. The number of carbonyl (C=O) groups is 2. The Hall–Kier alpha value is -2.73. The van der Waals surface area contributed by atoms with Gasteiger partial charge in [-0.1, -0.05) is 45.0 Å². The molecule has 1 N–H and O–H groups in total. The molecule has 5 nitrogen and oxygen atoms in total. The van der Waals surface area contributed by atoms with Gasteiger partial charge in [0.05, 0.1) is 0 Å². The zero-order valence-electron chi connectivity index (χ0n) is 17.2. The van der Waals surface area contributed by atoms with E-state index in [2.05, 4.69) is 10.2 Å². The molecular formula is C23H28FN3O2. The molecule has 6 heteroatoms. The van der Waals surface area contributed by atoms with Crippen LogP contribution in [0.3, 0.4) is 0 Å². The second kappa shape index (κ2) is 8.74. The highest BCUT2D eigenvalue weighted by atomic mass is 19.1. The quantitative estimate of drug-likeness (QED) is 0.855. The van der Waals surface area contributed by atoms with Gasteiger partial charge in [0, 0.05) is 55.0 Å². The molecule has 0 unspecified atom stereocenters. The maximum Gasteiger partial charge on any atom is 0.254 e. The molecule has 0 atom stereocenters. The molecule has 2 aromatic rings. The second-order valence-electron chi connectivity index (χ2n) is 8.44. The minimum atomic E-state index is -0.505. The van der Waals surface area contributed by atoms with E-state index >= 15 is 0 Å². The van der Waals surface area contributed by atoms with Crippen LogP contribution in [0, 0.1) is 11.2 Å². The van der Waals surface area contributed by atoms with Gasteiger partial charge in [-0.25, -0.2) is 4.39 Å². The van der Waals surface area contributed by atoms with Crippen molar-refractivity contribution in [2.24, 2.45) is 5.41 Å². The van der Waals surface area contributed by atoms with Gasteiger partial charge < -0.3 is 10.2 Å². The molecule has 1 fully saturated rings. The molecule has 1 aliphatic rings. The lowest BCUT2D eigenvalue weighted by Gasteiger charge is -2.35. The molecule has 0 spiro atoms. The van der Waals surface area contributed by atoms with Gasteiger partial charge in [-0.05, 0) is 24.3 Å². The van der Waals surface area contributed by atoms with Crippen molar-refractivity contribution < 1.29 is 14.0 Å². The Balaban J connectivity index is 1.59. The lowest BCUT2D eigenvalue weighted by molar-refractivity contribution is -0.123. The van der Waals surface area contributed by atoms with E-state index < -0.39 is 5.41 Å². The maximum absolute atomic E-state index is 13.9. The fraction of sp³-hybridized carbons (Fsp3) is 0.391. The lowest BCUT2D eigenvalue weighted by atomic mass is 9.95. The number of nitrogens with one attached hydrogen (secondary N) is 1.